The van der Waals surface area contributed by atoms with E-state index in [0.717, 1.165) is 32.1 Å². The summed E-state index contributed by atoms with van der Waals surface area (Å²) < 4.78 is 5.54. The van der Waals surface area contributed by atoms with Crippen molar-refractivity contribution in [2.45, 2.75) is 26.3 Å². The van der Waals surface area contributed by atoms with Crippen molar-refractivity contribution in [1.82, 2.24) is 9.80 Å². The van der Waals surface area contributed by atoms with Crippen LogP contribution in [0.3, 0.4) is 0 Å². The van der Waals surface area contributed by atoms with Crippen molar-refractivity contribution in [1.29, 1.82) is 0 Å². The van der Waals surface area contributed by atoms with Gasteiger partial charge >= 0.3 is 0 Å². The van der Waals surface area contributed by atoms with Gasteiger partial charge in [0.1, 0.15) is 0 Å². The molecule has 2 heterocycles. The Balaban J connectivity index is 1.95. The monoisotopic (exact) mass is 238 g/mol. The highest BCUT2D eigenvalue weighted by Gasteiger charge is 2.28. The van der Waals surface area contributed by atoms with Crippen LogP contribution in [-0.4, -0.2) is 62.3 Å². The summed E-state index contributed by atoms with van der Waals surface area (Å²) in [6, 6.07) is 0.691. The molecule has 3 nitrogen and oxygen atoms in total. The molecule has 3 heteroatoms. The normalized spacial score (nSPS) is 28.5. The maximum atomic E-state index is 5.54. The van der Waals surface area contributed by atoms with Gasteiger partial charge in [-0.25, -0.2) is 0 Å². The van der Waals surface area contributed by atoms with Gasteiger partial charge in [0.25, 0.3) is 0 Å². The van der Waals surface area contributed by atoms with E-state index in [2.05, 4.69) is 36.8 Å². The van der Waals surface area contributed by atoms with E-state index in [9.17, 15) is 0 Å². The average Bonchev–Trinajstić information content (AvgIpc) is 2.32. The van der Waals surface area contributed by atoms with E-state index in [-0.39, 0.29) is 0 Å². The van der Waals surface area contributed by atoms with Gasteiger partial charge in [-0.2, -0.15) is 0 Å². The maximum absolute atomic E-state index is 5.54. The molecule has 0 N–H and O–H groups in total. The second kappa shape index (κ2) is 5.98. The summed E-state index contributed by atoms with van der Waals surface area (Å²) in [6.07, 6.45) is 3.47. The molecule has 98 valence electrons. The first-order chi connectivity index (χ1) is 8.16. The number of nitrogens with zero attached hydrogens (tertiary/aromatic N) is 2. The van der Waals surface area contributed by atoms with Crippen LogP contribution in [0.25, 0.3) is 0 Å². The molecule has 1 saturated heterocycles. The number of rotatable bonds is 3. The number of likely N-dealkylation sites (N-methyl/N-ethyl adjacent to an activating group) is 1. The molecule has 0 bridgehead atoms. The smallest absolute Gasteiger partial charge is 0.0689 e. The van der Waals surface area contributed by atoms with Crippen molar-refractivity contribution in [3.63, 3.8) is 0 Å². The molecule has 0 amide bonds. The Morgan fingerprint density at radius 3 is 2.88 bits per heavy atom. The zero-order valence-corrected chi connectivity index (χ0v) is 11.5. The lowest BCUT2D eigenvalue weighted by atomic mass is 9.99. The van der Waals surface area contributed by atoms with Crippen LogP contribution in [0, 0.1) is 5.92 Å². The summed E-state index contributed by atoms with van der Waals surface area (Å²) in [5.74, 6) is 0.725. The van der Waals surface area contributed by atoms with E-state index in [0.29, 0.717) is 6.04 Å². The van der Waals surface area contributed by atoms with Crippen LogP contribution in [0.1, 0.15) is 20.3 Å². The highest BCUT2D eigenvalue weighted by molar-refractivity contribution is 5.08. The fourth-order valence-electron chi connectivity index (χ4n) is 2.80. The van der Waals surface area contributed by atoms with Gasteiger partial charge in [0.05, 0.1) is 13.2 Å². The molecule has 1 fully saturated rings. The molecule has 0 unspecified atom stereocenters. The summed E-state index contributed by atoms with van der Waals surface area (Å²) in [5.41, 5.74) is 1.48. The Kier molecular flexibility index (Phi) is 4.60. The maximum Gasteiger partial charge on any atom is 0.0689 e. The Labute approximate surface area is 105 Å². The van der Waals surface area contributed by atoms with E-state index >= 15 is 0 Å². The van der Waals surface area contributed by atoms with Gasteiger partial charge in [0, 0.05) is 32.2 Å². The van der Waals surface area contributed by atoms with Crippen molar-refractivity contribution < 1.29 is 4.74 Å². The highest BCUT2D eigenvalue weighted by Crippen LogP contribution is 2.18. The number of hydrogen-bond acceptors (Lipinski definition) is 3. The minimum atomic E-state index is 0.691. The molecule has 0 spiro atoms. The van der Waals surface area contributed by atoms with Gasteiger partial charge in [-0.15, -0.1) is 0 Å². The van der Waals surface area contributed by atoms with Crippen LogP contribution in [0.4, 0.5) is 0 Å². The summed E-state index contributed by atoms with van der Waals surface area (Å²) in [4.78, 5) is 5.10. The number of piperazine rings is 1. The van der Waals surface area contributed by atoms with Crippen LogP contribution in [-0.2, 0) is 4.74 Å². The standard InChI is InChI=1S/C14H26N2O/c1-12(2)14-10-15(3)6-7-16(14)9-13-5-4-8-17-11-13/h5,12,14H,4,6-11H2,1-3H3/t14-/m1/s1. The predicted octanol–water partition coefficient (Wildman–Crippen LogP) is 1.61. The van der Waals surface area contributed by atoms with Crippen LogP contribution < -0.4 is 0 Å². The number of hydrogen-bond donors (Lipinski definition) is 0. The molecule has 17 heavy (non-hydrogen) atoms. The van der Waals surface area contributed by atoms with Crippen molar-refractivity contribution in [3.05, 3.63) is 11.6 Å². The van der Waals surface area contributed by atoms with Crippen molar-refractivity contribution in [2.75, 3.05) is 46.4 Å². The summed E-state index contributed by atoms with van der Waals surface area (Å²) >= 11 is 0. The Bertz CT molecular complexity index is 275. The second-order valence-corrected chi connectivity index (χ2v) is 5.75. The zero-order chi connectivity index (χ0) is 12.3. The quantitative estimate of drug-likeness (QED) is 0.695. The molecule has 1 atom stereocenters. The Morgan fingerprint density at radius 2 is 2.24 bits per heavy atom. The summed E-state index contributed by atoms with van der Waals surface area (Å²) in [7, 11) is 2.23. The number of ether oxygens (including phenoxy) is 1. The van der Waals surface area contributed by atoms with Gasteiger partial charge in [-0.1, -0.05) is 19.9 Å². The third-order valence-electron chi connectivity index (χ3n) is 3.90. The lowest BCUT2D eigenvalue weighted by Gasteiger charge is -2.42. The van der Waals surface area contributed by atoms with Gasteiger partial charge in [0.2, 0.25) is 0 Å². The third-order valence-corrected chi connectivity index (χ3v) is 3.90. The van der Waals surface area contributed by atoms with Crippen molar-refractivity contribution in [3.8, 4) is 0 Å². The molecule has 0 aromatic heterocycles. The molecule has 0 aromatic carbocycles. The lowest BCUT2D eigenvalue weighted by Crippen LogP contribution is -2.54. The van der Waals surface area contributed by atoms with Crippen molar-refractivity contribution >= 4 is 0 Å². The van der Waals surface area contributed by atoms with Gasteiger partial charge in [-0.05, 0) is 25.0 Å². The topological polar surface area (TPSA) is 15.7 Å². The highest BCUT2D eigenvalue weighted by atomic mass is 16.5. The van der Waals surface area contributed by atoms with Gasteiger partial charge in [0.15, 0.2) is 0 Å². The van der Waals surface area contributed by atoms with Gasteiger partial charge in [-0.3, -0.25) is 4.90 Å². The van der Waals surface area contributed by atoms with Gasteiger partial charge < -0.3 is 9.64 Å². The molecule has 0 aliphatic carbocycles. The molecule has 2 aliphatic heterocycles. The van der Waals surface area contributed by atoms with E-state index in [1.807, 2.05) is 0 Å². The molecular formula is C14H26N2O. The molecule has 2 rings (SSSR count). The molecule has 2 aliphatic rings. The van der Waals surface area contributed by atoms with E-state index in [1.54, 1.807) is 0 Å². The Morgan fingerprint density at radius 1 is 1.41 bits per heavy atom. The molecule has 0 saturated carbocycles. The van der Waals surface area contributed by atoms with Crippen LogP contribution in [0.2, 0.25) is 0 Å². The van der Waals surface area contributed by atoms with Crippen LogP contribution in [0.5, 0.6) is 0 Å². The Hall–Kier alpha value is -0.380. The van der Waals surface area contributed by atoms with E-state index < -0.39 is 0 Å². The average molecular weight is 238 g/mol. The summed E-state index contributed by atoms with van der Waals surface area (Å²) in [5, 5.41) is 0. The fraction of sp³-hybridized carbons (Fsp3) is 0.857. The largest absolute Gasteiger partial charge is 0.377 e. The molecule has 0 aromatic rings. The molecular weight excluding hydrogens is 212 g/mol. The van der Waals surface area contributed by atoms with E-state index in [4.69, 9.17) is 4.74 Å². The zero-order valence-electron chi connectivity index (χ0n) is 11.5. The van der Waals surface area contributed by atoms with Crippen molar-refractivity contribution in [2.24, 2.45) is 5.92 Å². The minimum Gasteiger partial charge on any atom is -0.377 e. The first kappa shape index (κ1) is 13.1. The first-order valence-corrected chi connectivity index (χ1v) is 6.85. The SMILES string of the molecule is CC(C)[C@H]1CN(C)CCN1CC1=CCCOC1. The third kappa shape index (κ3) is 3.54. The minimum absolute atomic E-state index is 0.691. The lowest BCUT2D eigenvalue weighted by molar-refractivity contribution is 0.0637. The predicted molar refractivity (Wildman–Crippen MR) is 71.2 cm³/mol. The van der Waals surface area contributed by atoms with Crippen LogP contribution >= 0.6 is 0 Å². The fourth-order valence-corrected chi connectivity index (χ4v) is 2.80. The van der Waals surface area contributed by atoms with E-state index in [1.165, 1.54) is 25.2 Å². The van der Waals surface area contributed by atoms with Crippen LogP contribution in [0.15, 0.2) is 11.6 Å². The first-order valence-electron chi connectivity index (χ1n) is 6.85. The second-order valence-electron chi connectivity index (χ2n) is 5.75. The molecule has 0 radical (unpaired) electrons. The summed E-state index contributed by atoms with van der Waals surface area (Å²) in [6.45, 7) is 11.1.